The summed E-state index contributed by atoms with van der Waals surface area (Å²) in [4.78, 5) is 31.2. The van der Waals surface area contributed by atoms with Crippen LogP contribution in [0.5, 0.6) is 0 Å². The topological polar surface area (TPSA) is 92.2 Å². The zero-order valence-corrected chi connectivity index (χ0v) is 15.0. The van der Waals surface area contributed by atoms with E-state index in [-0.39, 0.29) is 11.0 Å². The summed E-state index contributed by atoms with van der Waals surface area (Å²) in [6, 6.07) is 1.75. The van der Waals surface area contributed by atoms with E-state index in [0.29, 0.717) is 36.0 Å². The van der Waals surface area contributed by atoms with E-state index in [1.807, 2.05) is 0 Å². The number of nitrogens with one attached hydrogen (secondary N) is 1. The molecule has 0 radical (unpaired) electrons. The number of amides is 1. The van der Waals surface area contributed by atoms with Gasteiger partial charge in [0.15, 0.2) is 10.3 Å². The molecule has 1 amide bonds. The summed E-state index contributed by atoms with van der Waals surface area (Å²) in [6.45, 7) is 3.98. The predicted molar refractivity (Wildman–Crippen MR) is 93.3 cm³/mol. The van der Waals surface area contributed by atoms with Crippen LogP contribution in [0.4, 0.5) is 0 Å². The van der Waals surface area contributed by atoms with Crippen molar-refractivity contribution in [2.75, 3.05) is 18.1 Å². The van der Waals surface area contributed by atoms with E-state index in [0.717, 1.165) is 11.8 Å². The Kier molecular flexibility index (Phi) is 9.89. The molecule has 1 heterocycles. The molecule has 2 N–H and O–H groups in total. The Morgan fingerprint density at radius 2 is 2.00 bits per heavy atom. The maximum absolute atomic E-state index is 12.0. The lowest BCUT2D eigenvalue weighted by Crippen LogP contribution is -2.27. The largest absolute Gasteiger partial charge is 0.392 e. The zero-order chi connectivity index (χ0) is 17.1. The van der Waals surface area contributed by atoms with Crippen molar-refractivity contribution in [1.29, 1.82) is 0 Å². The number of carbonyl (C=O) groups excluding carboxylic acids is 2. The van der Waals surface area contributed by atoms with Crippen LogP contribution < -0.4 is 5.32 Å². The van der Waals surface area contributed by atoms with Crippen LogP contribution in [0.25, 0.3) is 0 Å². The monoisotopic (exact) mass is 357 g/mol. The molecule has 1 aromatic heterocycles. The van der Waals surface area contributed by atoms with E-state index in [1.165, 1.54) is 11.8 Å². The molecule has 0 bridgehead atoms. The van der Waals surface area contributed by atoms with E-state index in [1.54, 1.807) is 32.3 Å². The second-order valence-electron chi connectivity index (χ2n) is 4.90. The Morgan fingerprint density at radius 3 is 2.65 bits per heavy atom. The zero-order valence-electron chi connectivity index (χ0n) is 13.4. The molecule has 128 valence electrons. The SMILES string of the molecule is CCC(=O)NCCSC(=O)[C@@H](C)[C@H](O)CCSc1ncccn1. The van der Waals surface area contributed by atoms with Crippen molar-refractivity contribution < 1.29 is 14.7 Å². The predicted octanol–water partition coefficient (Wildman–Crippen LogP) is 1.74. The first-order chi connectivity index (χ1) is 11.0. The highest BCUT2D eigenvalue weighted by Gasteiger charge is 2.22. The lowest BCUT2D eigenvalue weighted by molar-refractivity contribution is -0.120. The molecule has 0 spiro atoms. The van der Waals surface area contributed by atoms with E-state index in [9.17, 15) is 14.7 Å². The van der Waals surface area contributed by atoms with E-state index in [2.05, 4.69) is 15.3 Å². The van der Waals surface area contributed by atoms with Gasteiger partial charge in [-0.15, -0.1) is 0 Å². The van der Waals surface area contributed by atoms with Gasteiger partial charge in [0.25, 0.3) is 0 Å². The molecule has 0 saturated carbocycles. The van der Waals surface area contributed by atoms with Crippen LogP contribution >= 0.6 is 23.5 Å². The average molecular weight is 358 g/mol. The number of aliphatic hydroxyl groups is 1. The van der Waals surface area contributed by atoms with Crippen LogP contribution in [-0.4, -0.2) is 50.3 Å². The molecule has 6 nitrogen and oxygen atoms in total. The first-order valence-corrected chi connectivity index (χ1v) is 9.53. The standard InChI is InChI=1S/C15H23N3O3S2/c1-3-13(20)16-8-10-22-14(21)11(2)12(19)5-9-23-15-17-6-4-7-18-15/h4,6-7,11-12,19H,3,5,8-10H2,1-2H3,(H,16,20)/t11-,12+/m0/s1. The first kappa shape index (κ1) is 19.9. The van der Waals surface area contributed by atoms with Crippen molar-refractivity contribution in [1.82, 2.24) is 15.3 Å². The van der Waals surface area contributed by atoms with Gasteiger partial charge in [-0.25, -0.2) is 9.97 Å². The molecule has 0 aliphatic rings. The minimum absolute atomic E-state index is 0.0220. The fourth-order valence-corrected chi connectivity index (χ4v) is 3.27. The Labute approximate surface area is 145 Å². The molecule has 0 aliphatic heterocycles. The van der Waals surface area contributed by atoms with Gasteiger partial charge in [-0.1, -0.05) is 37.4 Å². The second kappa shape index (κ2) is 11.4. The molecule has 0 saturated heterocycles. The Morgan fingerprint density at radius 1 is 1.30 bits per heavy atom. The lowest BCUT2D eigenvalue weighted by Gasteiger charge is -2.17. The van der Waals surface area contributed by atoms with Gasteiger partial charge in [0.05, 0.1) is 12.0 Å². The highest BCUT2D eigenvalue weighted by atomic mass is 32.2. The van der Waals surface area contributed by atoms with Crippen LogP contribution in [-0.2, 0) is 9.59 Å². The smallest absolute Gasteiger partial charge is 0.219 e. The van der Waals surface area contributed by atoms with Gasteiger partial charge in [-0.2, -0.15) is 0 Å². The van der Waals surface area contributed by atoms with Crippen molar-refractivity contribution in [2.45, 2.75) is 37.9 Å². The van der Waals surface area contributed by atoms with Gasteiger partial charge < -0.3 is 10.4 Å². The molecule has 1 rings (SSSR count). The quantitative estimate of drug-likeness (QED) is 0.374. The summed E-state index contributed by atoms with van der Waals surface area (Å²) in [5.41, 5.74) is 0. The maximum atomic E-state index is 12.0. The average Bonchev–Trinajstić information content (AvgIpc) is 2.58. The van der Waals surface area contributed by atoms with Crippen molar-refractivity contribution in [3.05, 3.63) is 18.5 Å². The van der Waals surface area contributed by atoms with Gasteiger partial charge in [-0.05, 0) is 12.5 Å². The van der Waals surface area contributed by atoms with Gasteiger partial charge >= 0.3 is 0 Å². The summed E-state index contributed by atoms with van der Waals surface area (Å²) in [5.74, 6) is 0.722. The maximum Gasteiger partial charge on any atom is 0.219 e. The third-order valence-electron chi connectivity index (χ3n) is 3.13. The van der Waals surface area contributed by atoms with E-state index >= 15 is 0 Å². The number of thioether (sulfide) groups is 2. The third-order valence-corrected chi connectivity index (χ3v) is 5.10. The molecular weight excluding hydrogens is 334 g/mol. The van der Waals surface area contributed by atoms with Gasteiger partial charge in [0.1, 0.15) is 0 Å². The number of aliphatic hydroxyl groups excluding tert-OH is 1. The van der Waals surface area contributed by atoms with Gasteiger partial charge in [0, 0.05) is 36.9 Å². The van der Waals surface area contributed by atoms with Crippen LogP contribution in [0.2, 0.25) is 0 Å². The Balaban J connectivity index is 2.20. The van der Waals surface area contributed by atoms with Crippen LogP contribution in [0.15, 0.2) is 23.6 Å². The molecule has 8 heteroatoms. The lowest BCUT2D eigenvalue weighted by atomic mass is 10.0. The van der Waals surface area contributed by atoms with E-state index < -0.39 is 12.0 Å². The summed E-state index contributed by atoms with van der Waals surface area (Å²) in [5, 5.41) is 13.4. The van der Waals surface area contributed by atoms with Crippen molar-refractivity contribution in [3.63, 3.8) is 0 Å². The number of aromatic nitrogens is 2. The number of rotatable bonds is 10. The minimum Gasteiger partial charge on any atom is -0.392 e. The summed E-state index contributed by atoms with van der Waals surface area (Å²) in [6.07, 6.45) is 3.61. The van der Waals surface area contributed by atoms with Crippen molar-refractivity contribution >= 4 is 34.5 Å². The molecular formula is C15H23N3O3S2. The number of hydrogen-bond acceptors (Lipinski definition) is 7. The molecule has 2 atom stereocenters. The van der Waals surface area contributed by atoms with Crippen LogP contribution in [0, 0.1) is 5.92 Å². The normalized spacial score (nSPS) is 13.3. The number of nitrogens with zero attached hydrogens (tertiary/aromatic N) is 2. The van der Waals surface area contributed by atoms with Crippen LogP contribution in [0.1, 0.15) is 26.7 Å². The second-order valence-corrected chi connectivity index (χ2v) is 7.06. The highest BCUT2D eigenvalue weighted by Crippen LogP contribution is 2.20. The van der Waals surface area contributed by atoms with Crippen molar-refractivity contribution in [2.24, 2.45) is 5.92 Å². The first-order valence-electron chi connectivity index (χ1n) is 7.55. The fourth-order valence-electron chi connectivity index (χ4n) is 1.64. The number of carbonyl (C=O) groups is 2. The molecule has 0 aliphatic carbocycles. The van der Waals surface area contributed by atoms with Crippen molar-refractivity contribution in [3.8, 4) is 0 Å². The molecule has 0 fully saturated rings. The Hall–Kier alpha value is -1.12. The summed E-state index contributed by atoms with van der Waals surface area (Å²) in [7, 11) is 0. The van der Waals surface area contributed by atoms with E-state index in [4.69, 9.17) is 0 Å². The van der Waals surface area contributed by atoms with Gasteiger partial charge in [0.2, 0.25) is 5.91 Å². The molecule has 23 heavy (non-hydrogen) atoms. The molecule has 0 unspecified atom stereocenters. The summed E-state index contributed by atoms with van der Waals surface area (Å²) >= 11 is 2.61. The minimum atomic E-state index is -0.684. The number of hydrogen-bond donors (Lipinski definition) is 2. The third kappa shape index (κ3) is 8.34. The Bertz CT molecular complexity index is 488. The summed E-state index contributed by atoms with van der Waals surface area (Å²) < 4.78 is 0. The molecule has 0 aromatic carbocycles. The van der Waals surface area contributed by atoms with Gasteiger partial charge in [-0.3, -0.25) is 9.59 Å². The van der Waals surface area contributed by atoms with Crippen LogP contribution in [0.3, 0.4) is 0 Å². The fraction of sp³-hybridized carbons (Fsp3) is 0.600. The molecule has 1 aromatic rings. The highest BCUT2D eigenvalue weighted by molar-refractivity contribution is 8.13.